The Morgan fingerprint density at radius 1 is 1.02 bits per heavy atom. The summed E-state index contributed by atoms with van der Waals surface area (Å²) in [6.07, 6.45) is -6.39. The number of hydrogen-bond acceptors (Lipinski definition) is 7. The van der Waals surface area contributed by atoms with E-state index < -0.39 is 127 Å². The predicted molar refractivity (Wildman–Crippen MR) is 221 cm³/mol. The van der Waals surface area contributed by atoms with Gasteiger partial charge in [0, 0.05) is 43.5 Å². The number of amides is 7. The zero-order valence-electron chi connectivity index (χ0n) is 35.8. The van der Waals surface area contributed by atoms with Gasteiger partial charge in [0.15, 0.2) is 0 Å². The van der Waals surface area contributed by atoms with E-state index in [0.29, 0.717) is 41.2 Å². The molecule has 20 heteroatoms. The van der Waals surface area contributed by atoms with Crippen LogP contribution in [0, 0.1) is 17.3 Å². The number of nitrogens with one attached hydrogen (secondary N) is 4. The molecule has 2 heterocycles. The van der Waals surface area contributed by atoms with Crippen molar-refractivity contribution in [2.75, 3.05) is 27.2 Å². The second kappa shape index (κ2) is 19.3. The van der Waals surface area contributed by atoms with E-state index in [0.717, 1.165) is 4.90 Å². The van der Waals surface area contributed by atoms with Gasteiger partial charge in [0.25, 0.3) is 0 Å². The fourth-order valence-electron chi connectivity index (χ4n) is 8.22. The third-order valence-electron chi connectivity index (χ3n) is 12.3. The first-order chi connectivity index (χ1) is 28.9. The first-order valence-corrected chi connectivity index (χ1v) is 21.8. The number of rotatable bonds is 10. The number of alkyl halides is 4. The summed E-state index contributed by atoms with van der Waals surface area (Å²) in [5, 5.41) is 11.6. The standard InChI is InChI=1S/C42H57Cl2F4N7O7/c1-22(2)17-28-36(59)54(6)30(19-24-18-25(43)12-13-27(24)44)35(58)52-40(3,4)38(61)49-16-8-7-9-29(33(56)50-28)53(5)37(60)32(23-10-11-23)51-34(57)31-20-26(45)21-55(31)39(62)41(14-15-41)42(46,47)48/h12-13,18,22-23,26,28-32H,7-11,14-17,19-21H2,1-6H3,(H,49,61)(H,50,56)(H,51,57)(H,52,58)/t26-,28+,29+,30+,31+,32+/m1/s1. The van der Waals surface area contributed by atoms with Crippen molar-refractivity contribution in [1.82, 2.24) is 36.0 Å². The number of hydrogen-bond donors (Lipinski definition) is 4. The van der Waals surface area contributed by atoms with Gasteiger partial charge in [-0.3, -0.25) is 33.6 Å². The van der Waals surface area contributed by atoms with Crippen LogP contribution < -0.4 is 21.3 Å². The van der Waals surface area contributed by atoms with E-state index in [-0.39, 0.29) is 36.7 Å². The van der Waals surface area contributed by atoms with Crippen LogP contribution in [0.2, 0.25) is 10.0 Å². The molecule has 0 unspecified atom stereocenters. The molecular formula is C42H57Cl2F4N7O7. The summed E-state index contributed by atoms with van der Waals surface area (Å²) >= 11 is 12.8. The van der Waals surface area contributed by atoms with Crippen LogP contribution in [-0.2, 0) is 40.0 Å². The van der Waals surface area contributed by atoms with Crippen molar-refractivity contribution in [3.8, 4) is 0 Å². The van der Waals surface area contributed by atoms with E-state index >= 15 is 0 Å². The quantitative estimate of drug-likeness (QED) is 0.256. The number of nitrogens with zero attached hydrogens (tertiary/aromatic N) is 3. The van der Waals surface area contributed by atoms with Crippen LogP contribution in [0.25, 0.3) is 0 Å². The molecule has 2 saturated heterocycles. The molecule has 4 aliphatic rings. The van der Waals surface area contributed by atoms with Gasteiger partial charge in [-0.05, 0) is 101 Å². The molecule has 0 bridgehead atoms. The van der Waals surface area contributed by atoms with E-state index in [1.165, 1.54) is 32.8 Å². The fourth-order valence-corrected chi connectivity index (χ4v) is 8.61. The number of likely N-dealkylation sites (N-methyl/N-ethyl adjacent to an activating group) is 2. The number of halogens is 6. The van der Waals surface area contributed by atoms with Gasteiger partial charge in [0.05, 0.1) is 6.54 Å². The van der Waals surface area contributed by atoms with E-state index in [9.17, 15) is 51.1 Å². The lowest BCUT2D eigenvalue weighted by Crippen LogP contribution is -2.62. The van der Waals surface area contributed by atoms with Gasteiger partial charge in [0.1, 0.15) is 47.3 Å². The van der Waals surface area contributed by atoms with Gasteiger partial charge in [-0.1, -0.05) is 37.0 Å². The summed E-state index contributed by atoms with van der Waals surface area (Å²) in [7, 11) is 2.76. The second-order valence-corrected chi connectivity index (χ2v) is 19.0. The molecule has 2 aliphatic heterocycles. The third-order valence-corrected chi connectivity index (χ3v) is 12.9. The van der Waals surface area contributed by atoms with Gasteiger partial charge >= 0.3 is 6.18 Å². The Bertz CT molecular complexity index is 1910. The minimum Gasteiger partial charge on any atom is -0.354 e. The van der Waals surface area contributed by atoms with Crippen molar-refractivity contribution in [3.05, 3.63) is 33.8 Å². The molecular weight excluding hydrogens is 861 g/mol. The fraction of sp³-hybridized carbons (Fsp3) is 0.690. The SMILES string of the molecule is CC(C)C[C@@H]1NC(=O)[C@@H](N(C)C(=O)[C@@H](NC(=O)[C@@H]2C[C@@H](F)CN2C(=O)C2(C(F)(F)F)CC2)C2CC2)CCCCNC(=O)C(C)(C)NC(=O)[C@H](Cc2cc(Cl)ccc2Cl)N(C)C1=O. The molecule has 4 N–H and O–H groups in total. The number of likely N-dealkylation sites (tertiary alicyclic amines) is 1. The maximum Gasteiger partial charge on any atom is 0.403 e. The van der Waals surface area contributed by atoms with E-state index in [4.69, 9.17) is 23.2 Å². The summed E-state index contributed by atoms with van der Waals surface area (Å²) in [5.74, 6) is -6.13. The van der Waals surface area contributed by atoms with Gasteiger partial charge in [0.2, 0.25) is 41.4 Å². The van der Waals surface area contributed by atoms with Crippen molar-refractivity contribution in [2.45, 2.75) is 140 Å². The number of carbonyl (C=O) groups excluding carboxylic acids is 7. The van der Waals surface area contributed by atoms with Crippen LogP contribution in [-0.4, -0.2) is 131 Å². The highest BCUT2D eigenvalue weighted by molar-refractivity contribution is 6.33. The molecule has 14 nitrogen and oxygen atoms in total. The lowest BCUT2D eigenvalue weighted by molar-refractivity contribution is -0.199. The predicted octanol–water partition coefficient (Wildman–Crippen LogP) is 4.09. The zero-order valence-corrected chi connectivity index (χ0v) is 37.3. The average Bonchev–Trinajstić information content (AvgIpc) is 4.13. The molecule has 1 aromatic rings. The molecule has 6 atom stereocenters. The smallest absolute Gasteiger partial charge is 0.354 e. The average molecular weight is 919 g/mol. The highest BCUT2D eigenvalue weighted by Gasteiger charge is 2.70. The summed E-state index contributed by atoms with van der Waals surface area (Å²) < 4.78 is 56.4. The zero-order chi connectivity index (χ0) is 46.1. The Kier molecular flexibility index (Phi) is 15.2. The molecule has 0 spiro atoms. The molecule has 0 radical (unpaired) electrons. The molecule has 2 aliphatic carbocycles. The van der Waals surface area contributed by atoms with Crippen molar-refractivity contribution >= 4 is 64.6 Å². The molecule has 62 heavy (non-hydrogen) atoms. The Morgan fingerprint density at radius 2 is 1.68 bits per heavy atom. The van der Waals surface area contributed by atoms with E-state index in [1.54, 1.807) is 18.2 Å². The normalized spacial score (nSPS) is 26.6. The molecule has 0 aromatic heterocycles. The first-order valence-electron chi connectivity index (χ1n) is 21.1. The Hall–Kier alpha value is -4.19. The van der Waals surface area contributed by atoms with Gasteiger partial charge in [-0.2, -0.15) is 13.2 Å². The van der Waals surface area contributed by atoms with E-state index in [1.807, 2.05) is 13.8 Å². The summed E-state index contributed by atoms with van der Waals surface area (Å²) in [4.78, 5) is 101. The monoisotopic (exact) mass is 917 g/mol. The van der Waals surface area contributed by atoms with Crippen molar-refractivity contribution < 1.29 is 51.1 Å². The topological polar surface area (TPSA) is 177 Å². The van der Waals surface area contributed by atoms with Crippen LogP contribution in [0.15, 0.2) is 18.2 Å². The van der Waals surface area contributed by atoms with Gasteiger partial charge < -0.3 is 36.0 Å². The summed E-state index contributed by atoms with van der Waals surface area (Å²) in [6.45, 7) is 6.16. The van der Waals surface area contributed by atoms with Crippen molar-refractivity contribution in [3.63, 3.8) is 0 Å². The van der Waals surface area contributed by atoms with Gasteiger partial charge in [-0.15, -0.1) is 0 Å². The Balaban J connectivity index is 1.42. The van der Waals surface area contributed by atoms with Crippen molar-refractivity contribution in [2.24, 2.45) is 17.3 Å². The maximum absolute atomic E-state index is 14.7. The van der Waals surface area contributed by atoms with Crippen LogP contribution >= 0.6 is 23.2 Å². The lowest BCUT2D eigenvalue weighted by atomic mass is 9.97. The Morgan fingerprint density at radius 3 is 2.27 bits per heavy atom. The third kappa shape index (κ3) is 11.1. The minimum absolute atomic E-state index is 0.0533. The first kappa shape index (κ1) is 48.8. The molecule has 2 saturated carbocycles. The van der Waals surface area contributed by atoms with Crippen LogP contribution in [0.4, 0.5) is 17.6 Å². The van der Waals surface area contributed by atoms with Crippen LogP contribution in [0.1, 0.15) is 91.0 Å². The van der Waals surface area contributed by atoms with Gasteiger partial charge in [-0.25, -0.2) is 4.39 Å². The molecule has 7 amide bonds. The summed E-state index contributed by atoms with van der Waals surface area (Å²) in [6, 6.07) is -1.82. The number of carbonyl (C=O) groups is 7. The Labute approximate surface area is 368 Å². The van der Waals surface area contributed by atoms with Crippen LogP contribution in [0.5, 0.6) is 0 Å². The largest absolute Gasteiger partial charge is 0.403 e. The maximum atomic E-state index is 14.7. The second-order valence-electron chi connectivity index (χ2n) is 18.1. The van der Waals surface area contributed by atoms with E-state index in [2.05, 4.69) is 21.3 Å². The highest BCUT2D eigenvalue weighted by atomic mass is 35.5. The molecule has 344 valence electrons. The lowest BCUT2D eigenvalue weighted by Gasteiger charge is -2.36. The molecule has 4 fully saturated rings. The highest BCUT2D eigenvalue weighted by Crippen LogP contribution is 2.59. The van der Waals surface area contributed by atoms with Crippen LogP contribution in [0.3, 0.4) is 0 Å². The molecule has 5 rings (SSSR count). The minimum atomic E-state index is -4.88. The van der Waals surface area contributed by atoms with Crippen molar-refractivity contribution in [1.29, 1.82) is 0 Å². The number of benzene rings is 1. The molecule has 1 aromatic carbocycles. The summed E-state index contributed by atoms with van der Waals surface area (Å²) in [5.41, 5.74) is -3.65.